The fourth-order valence-electron chi connectivity index (χ4n) is 1.06. The predicted molar refractivity (Wildman–Crippen MR) is 115 cm³/mol. The van der Waals surface area contributed by atoms with Crippen molar-refractivity contribution in [3.05, 3.63) is 12.2 Å². The van der Waals surface area contributed by atoms with Gasteiger partial charge < -0.3 is 43.7 Å². The van der Waals surface area contributed by atoms with Crippen LogP contribution in [0.1, 0.15) is 34.6 Å². The Bertz CT molecular complexity index is 557. The fraction of sp³-hybridized carbons (Fsp3) is 0.529. The summed E-state index contributed by atoms with van der Waals surface area (Å²) in [6.07, 6.45) is 2.34. The predicted octanol–water partition coefficient (Wildman–Crippen LogP) is -3.46. The molecule has 0 saturated heterocycles. The Kier molecular flexibility index (Phi) is 28.2. The molecule has 1 rings (SSSR count). The number of nitrogens with two attached hydrogens (primary N) is 4. The Labute approximate surface area is 182 Å². The topological polar surface area (TPSA) is 246 Å². The zero-order valence-corrected chi connectivity index (χ0v) is 18.7. The van der Waals surface area contributed by atoms with Crippen molar-refractivity contribution in [2.24, 2.45) is 22.9 Å². The molecule has 0 bridgehead atoms. The number of amides is 5. The lowest BCUT2D eigenvalue weighted by molar-refractivity contribution is -0.137. The van der Waals surface area contributed by atoms with Crippen LogP contribution in [0.5, 0.6) is 0 Å². The van der Waals surface area contributed by atoms with Gasteiger partial charge in [0.05, 0.1) is 13.3 Å². The van der Waals surface area contributed by atoms with Gasteiger partial charge in [-0.3, -0.25) is 28.9 Å². The van der Waals surface area contributed by atoms with E-state index in [9.17, 15) is 28.8 Å². The van der Waals surface area contributed by atoms with E-state index in [2.05, 4.69) is 27.4 Å². The number of imide groups is 1. The largest absolute Gasteiger partial charge is 0.344 e. The van der Waals surface area contributed by atoms with Crippen molar-refractivity contribution in [3.8, 4) is 0 Å². The van der Waals surface area contributed by atoms with Gasteiger partial charge in [-0.2, -0.15) is 0 Å². The summed E-state index contributed by atoms with van der Waals surface area (Å²) in [5.41, 5.74) is 19.0. The van der Waals surface area contributed by atoms with Gasteiger partial charge in [0, 0.05) is 39.6 Å². The number of Topliss-reactive ketones (excluding diaryl/α,β-unsaturated/α-hetero) is 1. The van der Waals surface area contributed by atoms with E-state index in [4.69, 9.17) is 11.5 Å². The molecular formula is C17H36N8O6. The molecule has 0 aliphatic carbocycles. The van der Waals surface area contributed by atoms with E-state index in [0.717, 1.165) is 4.90 Å². The molecule has 0 aromatic heterocycles. The summed E-state index contributed by atoms with van der Waals surface area (Å²) in [6, 6.07) is 0. The molecule has 14 heteroatoms. The van der Waals surface area contributed by atoms with E-state index < -0.39 is 11.8 Å². The smallest absolute Gasteiger partial charge is 0.255 e. The zero-order valence-electron chi connectivity index (χ0n) is 18.7. The maximum atomic E-state index is 10.9. The average molecular weight is 449 g/mol. The first-order valence-electron chi connectivity index (χ1n) is 8.84. The van der Waals surface area contributed by atoms with Crippen LogP contribution in [0.15, 0.2) is 12.2 Å². The number of rotatable bonds is 4. The average Bonchev–Trinajstić information content (AvgIpc) is 2.92. The monoisotopic (exact) mass is 448 g/mol. The van der Waals surface area contributed by atoms with Gasteiger partial charge in [-0.15, -0.1) is 0 Å². The molecule has 0 aromatic rings. The third-order valence-corrected chi connectivity index (χ3v) is 2.09. The fourth-order valence-corrected chi connectivity index (χ4v) is 1.06. The van der Waals surface area contributed by atoms with Crippen LogP contribution >= 0.6 is 0 Å². The Balaban J connectivity index is -0.000000164. The standard InChI is InChI=1S/C7H8N2O3.2C3H8N2O.C3H6O.CH6N2/c1-5(10)8-4-9-6(11)2-3-7(9)12;2*1-3(6)5-2-4;1-3(2)4;2-1-3/h2-3H,4H2,1H3,(H,8,10);2*2,4H2,1H3,(H,5,6);1-2H3;1-3H2. The van der Waals surface area contributed by atoms with E-state index in [1.807, 2.05) is 0 Å². The second-order valence-corrected chi connectivity index (χ2v) is 5.35. The van der Waals surface area contributed by atoms with Crippen molar-refractivity contribution >= 4 is 35.3 Å². The third-order valence-electron chi connectivity index (χ3n) is 2.09. The van der Waals surface area contributed by atoms with Crippen LogP contribution in [0.25, 0.3) is 0 Å². The Morgan fingerprint density at radius 2 is 0.968 bits per heavy atom. The van der Waals surface area contributed by atoms with Crippen molar-refractivity contribution in [1.29, 1.82) is 0 Å². The van der Waals surface area contributed by atoms with Gasteiger partial charge in [-0.25, -0.2) is 0 Å². The summed E-state index contributed by atoms with van der Waals surface area (Å²) < 4.78 is 0. The highest BCUT2D eigenvalue weighted by Gasteiger charge is 2.22. The Hall–Kier alpha value is -3.20. The zero-order chi connectivity index (χ0) is 25.4. The van der Waals surface area contributed by atoms with Gasteiger partial charge in [0.15, 0.2) is 0 Å². The first kappa shape index (κ1) is 35.3. The number of carbonyl (C=O) groups excluding carboxylic acids is 6. The molecule has 0 radical (unpaired) electrons. The number of hydrogen-bond acceptors (Lipinski definition) is 10. The first-order valence-corrected chi connectivity index (χ1v) is 8.84. The number of hydrogen-bond donors (Lipinski definition) is 7. The lowest BCUT2D eigenvalue weighted by atomic mass is 10.6. The van der Waals surface area contributed by atoms with Gasteiger partial charge in [0.1, 0.15) is 12.5 Å². The summed E-state index contributed by atoms with van der Waals surface area (Å²) in [6.45, 7) is 7.88. The summed E-state index contributed by atoms with van der Waals surface area (Å²) in [4.78, 5) is 62.3. The number of nitrogens with one attached hydrogen (secondary N) is 3. The van der Waals surface area contributed by atoms with Gasteiger partial charge in [0.25, 0.3) is 11.8 Å². The minimum absolute atomic E-state index is 0.0556. The normalized spacial score (nSPS) is 10.4. The van der Waals surface area contributed by atoms with Crippen LogP contribution in [0.3, 0.4) is 0 Å². The maximum absolute atomic E-state index is 10.9. The second-order valence-electron chi connectivity index (χ2n) is 5.35. The third kappa shape index (κ3) is 38.1. The summed E-state index contributed by atoms with van der Waals surface area (Å²) in [5.74, 6) is -1.07. The van der Waals surface area contributed by atoms with Crippen LogP contribution in [-0.4, -0.2) is 66.9 Å². The highest BCUT2D eigenvalue weighted by molar-refractivity contribution is 6.12. The lowest BCUT2D eigenvalue weighted by Gasteiger charge is -2.12. The van der Waals surface area contributed by atoms with E-state index in [0.29, 0.717) is 0 Å². The highest BCUT2D eigenvalue weighted by Crippen LogP contribution is 2.00. The molecule has 0 fully saturated rings. The molecule has 14 nitrogen and oxygen atoms in total. The molecule has 0 aromatic carbocycles. The van der Waals surface area contributed by atoms with E-state index in [1.54, 1.807) is 0 Å². The maximum Gasteiger partial charge on any atom is 0.255 e. The molecule has 0 spiro atoms. The van der Waals surface area contributed by atoms with Gasteiger partial charge in [-0.05, 0) is 13.8 Å². The molecule has 11 N–H and O–H groups in total. The van der Waals surface area contributed by atoms with Crippen LogP contribution in [-0.2, 0) is 28.8 Å². The molecule has 1 aliphatic rings. The SMILES string of the molecule is CC(=O)NCN.CC(=O)NCN.CC(=O)NCN1C(=O)C=CC1=O.CC(C)=O.NCN. The van der Waals surface area contributed by atoms with Crippen molar-refractivity contribution in [2.45, 2.75) is 34.6 Å². The molecular weight excluding hydrogens is 412 g/mol. The number of ketones is 1. The first-order chi connectivity index (χ1) is 14.3. The molecule has 0 saturated carbocycles. The van der Waals surface area contributed by atoms with Crippen LogP contribution in [0.4, 0.5) is 0 Å². The minimum atomic E-state index is -0.395. The van der Waals surface area contributed by atoms with E-state index in [-0.39, 0.29) is 50.2 Å². The molecule has 0 unspecified atom stereocenters. The summed E-state index contributed by atoms with van der Waals surface area (Å²) in [5, 5.41) is 7.05. The van der Waals surface area contributed by atoms with Crippen LogP contribution < -0.4 is 38.9 Å². The molecule has 5 amide bonds. The van der Waals surface area contributed by atoms with Gasteiger partial charge >= 0.3 is 0 Å². The van der Waals surface area contributed by atoms with E-state index in [1.165, 1.54) is 46.8 Å². The molecule has 1 aliphatic heterocycles. The molecule has 180 valence electrons. The molecule has 0 atom stereocenters. The minimum Gasteiger partial charge on any atom is -0.344 e. The Morgan fingerprint density at radius 3 is 1.13 bits per heavy atom. The van der Waals surface area contributed by atoms with Crippen molar-refractivity contribution in [1.82, 2.24) is 20.9 Å². The lowest BCUT2D eigenvalue weighted by Crippen LogP contribution is -2.40. The van der Waals surface area contributed by atoms with Crippen molar-refractivity contribution < 1.29 is 28.8 Å². The van der Waals surface area contributed by atoms with Crippen molar-refractivity contribution in [3.63, 3.8) is 0 Å². The quantitative estimate of drug-likeness (QED) is 0.165. The highest BCUT2D eigenvalue weighted by atomic mass is 16.2. The van der Waals surface area contributed by atoms with Crippen LogP contribution in [0.2, 0.25) is 0 Å². The molecule has 31 heavy (non-hydrogen) atoms. The van der Waals surface area contributed by atoms with Gasteiger partial charge in [0.2, 0.25) is 17.7 Å². The van der Waals surface area contributed by atoms with Crippen molar-refractivity contribution in [2.75, 3.05) is 26.7 Å². The number of carbonyl (C=O) groups is 6. The summed E-state index contributed by atoms with van der Waals surface area (Å²) in [7, 11) is 0. The Morgan fingerprint density at radius 1 is 0.710 bits per heavy atom. The summed E-state index contributed by atoms with van der Waals surface area (Å²) >= 11 is 0. The molecule has 1 heterocycles. The van der Waals surface area contributed by atoms with Gasteiger partial charge in [-0.1, -0.05) is 0 Å². The number of nitrogens with zero attached hydrogens (tertiary/aromatic N) is 1. The van der Waals surface area contributed by atoms with Crippen LogP contribution in [0, 0.1) is 0 Å². The second kappa shape index (κ2) is 24.8. The van der Waals surface area contributed by atoms with E-state index >= 15 is 0 Å².